The van der Waals surface area contributed by atoms with Gasteiger partial charge in [-0.1, -0.05) is 0 Å². The minimum Gasteiger partial charge on any atom is -0.304 e. The molecule has 0 bridgehead atoms. The molecule has 0 fully saturated rings. The molecule has 0 aliphatic rings. The summed E-state index contributed by atoms with van der Waals surface area (Å²) in [4.78, 5) is 8.81. The van der Waals surface area contributed by atoms with E-state index in [0.717, 1.165) is 6.29 Å². The Balaban J connectivity index is 0. The first-order valence-electron chi connectivity index (χ1n) is 0.813. The number of aldehydes is 1. The zero-order valence-corrected chi connectivity index (χ0v) is 4.99. The molecule has 0 heterocycles. The van der Waals surface area contributed by atoms with Crippen LogP contribution in [0.15, 0.2) is 0 Å². The fourth-order valence-corrected chi connectivity index (χ4v) is 0. The Bertz CT molecular complexity index is 13.5. The van der Waals surface area contributed by atoms with Crippen molar-refractivity contribution in [2.24, 2.45) is 0 Å². The van der Waals surface area contributed by atoms with Crippen LogP contribution < -0.4 is 0 Å². The maximum absolute atomic E-state index is 8.81. The Labute approximate surface area is 47.7 Å². The second-order valence-electron chi connectivity index (χ2n) is 0.236. The van der Waals surface area contributed by atoms with Crippen LogP contribution in [-0.2, 0) is 4.79 Å². The number of hydrogen-bond donors (Lipinski definition) is 0. The van der Waals surface area contributed by atoms with Gasteiger partial charge in [-0.05, 0) is 6.92 Å². The van der Waals surface area contributed by atoms with Crippen molar-refractivity contribution < 1.29 is 4.79 Å². The molecule has 1 nitrogen and oxygen atoms in total. The van der Waals surface area contributed by atoms with Crippen LogP contribution in [0.25, 0.3) is 0 Å². The van der Waals surface area contributed by atoms with Crippen LogP contribution in [-0.4, -0.2) is 35.8 Å². The van der Waals surface area contributed by atoms with E-state index in [0.29, 0.717) is 0 Å². The first-order valence-corrected chi connectivity index (χ1v) is 0.813. The van der Waals surface area contributed by atoms with Crippen molar-refractivity contribution >= 4 is 35.8 Å². The standard InChI is InChI=1S/C2H4O.Na/c1-2-3;/h2H,1H3;. The van der Waals surface area contributed by atoms with E-state index in [4.69, 9.17) is 4.79 Å². The van der Waals surface area contributed by atoms with Crippen molar-refractivity contribution in [1.29, 1.82) is 0 Å². The summed E-state index contributed by atoms with van der Waals surface area (Å²) < 4.78 is 0. The fraction of sp³-hybridized carbons (Fsp3) is 0.500. The van der Waals surface area contributed by atoms with Gasteiger partial charge >= 0.3 is 0 Å². The average molecular weight is 67.0 g/mol. The normalized spacial score (nSPS) is 3.25. The molecule has 0 saturated heterocycles. The summed E-state index contributed by atoms with van der Waals surface area (Å²) in [5.41, 5.74) is 0. The van der Waals surface area contributed by atoms with Crippen LogP contribution in [0.4, 0.5) is 0 Å². The molecule has 1 radical (unpaired) electrons. The van der Waals surface area contributed by atoms with Gasteiger partial charge in [-0.2, -0.15) is 0 Å². The zero-order chi connectivity index (χ0) is 2.71. The minimum absolute atomic E-state index is 0. The SMILES string of the molecule is CC=O.[Na]. The van der Waals surface area contributed by atoms with Gasteiger partial charge < -0.3 is 4.79 Å². The van der Waals surface area contributed by atoms with Gasteiger partial charge in [0.25, 0.3) is 0 Å². The predicted octanol–water partition coefficient (Wildman–Crippen LogP) is -0.176. The summed E-state index contributed by atoms with van der Waals surface area (Å²) in [5.74, 6) is 0. The van der Waals surface area contributed by atoms with Gasteiger partial charge in [0.15, 0.2) is 0 Å². The van der Waals surface area contributed by atoms with Crippen LogP contribution in [0.3, 0.4) is 0 Å². The molecule has 0 saturated carbocycles. The number of hydrogen-bond acceptors (Lipinski definition) is 1. The fourth-order valence-electron chi connectivity index (χ4n) is 0. The molecule has 0 rings (SSSR count). The van der Waals surface area contributed by atoms with Crippen molar-refractivity contribution in [2.45, 2.75) is 6.92 Å². The second kappa shape index (κ2) is 9.38. The summed E-state index contributed by atoms with van der Waals surface area (Å²) in [6.45, 7) is 1.44. The third kappa shape index (κ3) is 16.6. The van der Waals surface area contributed by atoms with Crippen LogP contribution in [0.2, 0.25) is 0 Å². The summed E-state index contributed by atoms with van der Waals surface area (Å²) in [5, 5.41) is 0. The molecule has 0 aliphatic carbocycles. The first kappa shape index (κ1) is 8.82. The van der Waals surface area contributed by atoms with E-state index >= 15 is 0 Å². The molecule has 0 atom stereocenters. The molecule has 2 heteroatoms. The van der Waals surface area contributed by atoms with Gasteiger partial charge in [0, 0.05) is 29.6 Å². The van der Waals surface area contributed by atoms with E-state index in [9.17, 15) is 0 Å². The van der Waals surface area contributed by atoms with E-state index in [1.165, 1.54) is 6.92 Å². The molecule has 0 spiro atoms. The van der Waals surface area contributed by atoms with Gasteiger partial charge in [-0.3, -0.25) is 0 Å². The maximum atomic E-state index is 8.81. The zero-order valence-electron chi connectivity index (χ0n) is 2.99. The first-order chi connectivity index (χ1) is 1.41. The molecule has 4 heavy (non-hydrogen) atoms. The predicted molar refractivity (Wildman–Crippen MR) is 17.5 cm³/mol. The second-order valence-corrected chi connectivity index (χ2v) is 0.236. The van der Waals surface area contributed by atoms with E-state index in [-0.39, 0.29) is 29.6 Å². The van der Waals surface area contributed by atoms with Crippen molar-refractivity contribution in [2.75, 3.05) is 0 Å². The molecule has 19 valence electrons. The number of carbonyl (C=O) groups excluding carboxylic acids is 1. The van der Waals surface area contributed by atoms with Crippen LogP contribution in [0.1, 0.15) is 6.92 Å². The van der Waals surface area contributed by atoms with E-state index in [2.05, 4.69) is 0 Å². The molecule has 0 unspecified atom stereocenters. The summed E-state index contributed by atoms with van der Waals surface area (Å²) in [6.07, 6.45) is 0.750. The quantitative estimate of drug-likeness (QED) is 0.284. The Morgan fingerprint density at radius 3 is 1.75 bits per heavy atom. The van der Waals surface area contributed by atoms with Gasteiger partial charge in [0.1, 0.15) is 6.29 Å². The van der Waals surface area contributed by atoms with E-state index in [1.807, 2.05) is 0 Å². The van der Waals surface area contributed by atoms with Crippen LogP contribution in [0, 0.1) is 0 Å². The largest absolute Gasteiger partial charge is 0.304 e. The summed E-state index contributed by atoms with van der Waals surface area (Å²) in [6, 6.07) is 0. The molecule has 0 aromatic carbocycles. The number of carbonyl (C=O) groups is 1. The van der Waals surface area contributed by atoms with E-state index < -0.39 is 0 Å². The van der Waals surface area contributed by atoms with Gasteiger partial charge in [-0.25, -0.2) is 0 Å². The average Bonchev–Trinajstić information content (AvgIpc) is 0.918. The Morgan fingerprint density at radius 1 is 1.75 bits per heavy atom. The Kier molecular flexibility index (Phi) is 20.7. The minimum atomic E-state index is 0. The van der Waals surface area contributed by atoms with Crippen molar-refractivity contribution in [3.63, 3.8) is 0 Å². The van der Waals surface area contributed by atoms with Gasteiger partial charge in [0.2, 0.25) is 0 Å². The number of rotatable bonds is 0. The topological polar surface area (TPSA) is 17.1 Å². The van der Waals surface area contributed by atoms with Crippen LogP contribution >= 0.6 is 0 Å². The molecule has 0 N–H and O–H groups in total. The monoisotopic (exact) mass is 67.0 g/mol. The maximum Gasteiger partial charge on any atom is 0.116 e. The van der Waals surface area contributed by atoms with E-state index in [1.54, 1.807) is 0 Å². The van der Waals surface area contributed by atoms with Crippen LogP contribution in [0.5, 0.6) is 0 Å². The molecule has 0 aromatic heterocycles. The molecule has 0 amide bonds. The van der Waals surface area contributed by atoms with Gasteiger partial charge in [0.05, 0.1) is 0 Å². The molecular formula is C2H4NaO. The Hall–Kier alpha value is 0.670. The molecular weight excluding hydrogens is 63.0 g/mol. The summed E-state index contributed by atoms with van der Waals surface area (Å²) in [7, 11) is 0. The molecule has 0 aromatic rings. The van der Waals surface area contributed by atoms with Crippen molar-refractivity contribution in [3.8, 4) is 0 Å². The Morgan fingerprint density at radius 2 is 1.75 bits per heavy atom. The summed E-state index contributed by atoms with van der Waals surface area (Å²) >= 11 is 0. The van der Waals surface area contributed by atoms with Crippen molar-refractivity contribution in [3.05, 3.63) is 0 Å². The third-order valence-corrected chi connectivity index (χ3v) is 0. The molecule has 0 aliphatic heterocycles. The third-order valence-electron chi connectivity index (χ3n) is 0. The van der Waals surface area contributed by atoms with Gasteiger partial charge in [-0.15, -0.1) is 0 Å². The van der Waals surface area contributed by atoms with Crippen molar-refractivity contribution in [1.82, 2.24) is 0 Å². The smallest absolute Gasteiger partial charge is 0.116 e.